The summed E-state index contributed by atoms with van der Waals surface area (Å²) in [6, 6.07) is 8.64. The molecule has 1 atom stereocenters. The number of sulfonamides is 1. The van der Waals surface area contributed by atoms with Crippen LogP contribution in [0.3, 0.4) is 0 Å². The molecule has 0 aliphatic carbocycles. The molecular weight excluding hydrogens is 378 g/mol. The van der Waals surface area contributed by atoms with Crippen LogP contribution in [0.4, 0.5) is 0 Å². The number of piperazine rings is 1. The van der Waals surface area contributed by atoms with E-state index in [0.717, 1.165) is 15.6 Å². The maximum absolute atomic E-state index is 13.1. The van der Waals surface area contributed by atoms with E-state index in [1.807, 2.05) is 19.1 Å². The van der Waals surface area contributed by atoms with Gasteiger partial charge in [-0.1, -0.05) is 22.0 Å². The lowest BCUT2D eigenvalue weighted by atomic mass is 10.1. The molecule has 0 amide bonds. The molecule has 0 spiro atoms. The molecule has 1 N–H and O–H groups in total. The van der Waals surface area contributed by atoms with Gasteiger partial charge in [-0.3, -0.25) is 4.98 Å². The fraction of sp³-hybridized carbons (Fsp3) is 0.312. The van der Waals surface area contributed by atoms with Gasteiger partial charge in [-0.2, -0.15) is 4.31 Å². The standard InChI is InChI=1S/C16H18BrN3O2S/c1-12-9-14(4-5-15(12)17)23(21,22)20-8-7-19-11-16(20)13-3-2-6-18-10-13/h2-6,9-10,16,19H,7-8,11H2,1H3. The molecule has 1 aromatic carbocycles. The zero-order valence-electron chi connectivity index (χ0n) is 12.7. The summed E-state index contributed by atoms with van der Waals surface area (Å²) in [7, 11) is -3.55. The Morgan fingerprint density at radius 3 is 2.87 bits per heavy atom. The first-order valence-electron chi connectivity index (χ1n) is 7.39. The van der Waals surface area contributed by atoms with E-state index in [1.54, 1.807) is 34.9 Å². The molecule has 0 saturated carbocycles. The van der Waals surface area contributed by atoms with Crippen molar-refractivity contribution < 1.29 is 8.42 Å². The predicted octanol–water partition coefficient (Wildman–Crippen LogP) is 2.49. The highest BCUT2D eigenvalue weighted by atomic mass is 79.9. The smallest absolute Gasteiger partial charge is 0.243 e. The summed E-state index contributed by atoms with van der Waals surface area (Å²) in [4.78, 5) is 4.45. The molecule has 1 saturated heterocycles. The lowest BCUT2D eigenvalue weighted by molar-refractivity contribution is 0.271. The van der Waals surface area contributed by atoms with E-state index in [4.69, 9.17) is 0 Å². The Kier molecular flexibility index (Phi) is 4.82. The highest BCUT2D eigenvalue weighted by Crippen LogP contribution is 2.30. The van der Waals surface area contributed by atoms with Gasteiger partial charge in [0.2, 0.25) is 10.0 Å². The molecule has 1 aliphatic rings. The second-order valence-electron chi connectivity index (χ2n) is 5.53. The molecule has 1 aromatic heterocycles. The third kappa shape index (κ3) is 3.33. The van der Waals surface area contributed by atoms with Gasteiger partial charge in [0.25, 0.3) is 0 Å². The van der Waals surface area contributed by atoms with Crippen LogP contribution in [-0.4, -0.2) is 37.3 Å². The minimum Gasteiger partial charge on any atom is -0.313 e. The third-order valence-corrected chi connectivity index (χ3v) is 6.79. The Hall–Kier alpha value is -1.28. The van der Waals surface area contributed by atoms with Gasteiger partial charge in [0.1, 0.15) is 0 Å². The number of benzene rings is 1. The van der Waals surface area contributed by atoms with Crippen molar-refractivity contribution in [1.82, 2.24) is 14.6 Å². The second kappa shape index (κ2) is 6.68. The van der Waals surface area contributed by atoms with Crippen molar-refractivity contribution in [2.24, 2.45) is 0 Å². The predicted molar refractivity (Wildman–Crippen MR) is 92.6 cm³/mol. The van der Waals surface area contributed by atoms with Crippen molar-refractivity contribution in [3.63, 3.8) is 0 Å². The van der Waals surface area contributed by atoms with Crippen LogP contribution in [-0.2, 0) is 10.0 Å². The van der Waals surface area contributed by atoms with Gasteiger partial charge in [0.15, 0.2) is 0 Å². The Morgan fingerprint density at radius 1 is 1.35 bits per heavy atom. The molecule has 1 aliphatic heterocycles. The van der Waals surface area contributed by atoms with E-state index in [0.29, 0.717) is 24.5 Å². The quantitative estimate of drug-likeness (QED) is 0.866. The van der Waals surface area contributed by atoms with Crippen LogP contribution in [0, 0.1) is 6.92 Å². The van der Waals surface area contributed by atoms with E-state index < -0.39 is 10.0 Å². The van der Waals surface area contributed by atoms with Crippen LogP contribution in [0.25, 0.3) is 0 Å². The van der Waals surface area contributed by atoms with Gasteiger partial charge in [0, 0.05) is 36.5 Å². The maximum atomic E-state index is 13.1. The molecule has 2 heterocycles. The Balaban J connectivity index is 2.00. The van der Waals surface area contributed by atoms with Gasteiger partial charge in [0.05, 0.1) is 10.9 Å². The van der Waals surface area contributed by atoms with Gasteiger partial charge < -0.3 is 5.32 Å². The highest BCUT2D eigenvalue weighted by Gasteiger charge is 2.34. The van der Waals surface area contributed by atoms with Crippen molar-refractivity contribution in [2.75, 3.05) is 19.6 Å². The van der Waals surface area contributed by atoms with Gasteiger partial charge >= 0.3 is 0 Å². The number of aryl methyl sites for hydroxylation is 1. The van der Waals surface area contributed by atoms with Crippen molar-refractivity contribution in [2.45, 2.75) is 17.9 Å². The molecular formula is C16H18BrN3O2S. The van der Waals surface area contributed by atoms with Gasteiger partial charge in [-0.25, -0.2) is 8.42 Å². The summed E-state index contributed by atoms with van der Waals surface area (Å²) in [5, 5.41) is 3.27. The summed E-state index contributed by atoms with van der Waals surface area (Å²) < 4.78 is 28.7. The summed E-state index contributed by atoms with van der Waals surface area (Å²) in [6.07, 6.45) is 3.42. The fourth-order valence-corrected chi connectivity index (χ4v) is 4.69. The number of aromatic nitrogens is 1. The molecule has 2 aromatic rings. The average Bonchev–Trinajstić information content (AvgIpc) is 2.58. The number of nitrogens with one attached hydrogen (secondary N) is 1. The largest absolute Gasteiger partial charge is 0.313 e. The Morgan fingerprint density at radius 2 is 2.17 bits per heavy atom. The monoisotopic (exact) mass is 395 g/mol. The van der Waals surface area contributed by atoms with Gasteiger partial charge in [-0.05, 0) is 42.3 Å². The van der Waals surface area contributed by atoms with Crippen LogP contribution < -0.4 is 5.32 Å². The zero-order chi connectivity index (χ0) is 16.4. The van der Waals surface area contributed by atoms with Crippen molar-refractivity contribution in [3.8, 4) is 0 Å². The Labute approximate surface area is 144 Å². The molecule has 7 heteroatoms. The van der Waals surface area contributed by atoms with Crippen LogP contribution >= 0.6 is 15.9 Å². The number of pyridine rings is 1. The topological polar surface area (TPSA) is 62.3 Å². The van der Waals surface area contributed by atoms with Crippen LogP contribution in [0.1, 0.15) is 17.2 Å². The first-order valence-corrected chi connectivity index (χ1v) is 9.62. The zero-order valence-corrected chi connectivity index (χ0v) is 15.1. The summed E-state index contributed by atoms with van der Waals surface area (Å²) in [5.74, 6) is 0. The van der Waals surface area contributed by atoms with E-state index in [1.165, 1.54) is 0 Å². The van der Waals surface area contributed by atoms with Crippen LogP contribution in [0.5, 0.6) is 0 Å². The van der Waals surface area contributed by atoms with E-state index in [9.17, 15) is 8.42 Å². The highest BCUT2D eigenvalue weighted by molar-refractivity contribution is 9.10. The fourth-order valence-electron chi connectivity index (χ4n) is 2.74. The maximum Gasteiger partial charge on any atom is 0.243 e. The molecule has 0 radical (unpaired) electrons. The minimum atomic E-state index is -3.55. The van der Waals surface area contributed by atoms with Gasteiger partial charge in [-0.15, -0.1) is 0 Å². The number of rotatable bonds is 3. The van der Waals surface area contributed by atoms with E-state index in [2.05, 4.69) is 26.2 Å². The third-order valence-electron chi connectivity index (χ3n) is 4.00. The molecule has 1 unspecified atom stereocenters. The van der Waals surface area contributed by atoms with Crippen LogP contribution in [0.2, 0.25) is 0 Å². The minimum absolute atomic E-state index is 0.244. The van der Waals surface area contributed by atoms with E-state index >= 15 is 0 Å². The molecule has 5 nitrogen and oxygen atoms in total. The number of hydrogen-bond acceptors (Lipinski definition) is 4. The molecule has 3 rings (SSSR count). The lowest BCUT2D eigenvalue weighted by Crippen LogP contribution is -2.48. The molecule has 23 heavy (non-hydrogen) atoms. The SMILES string of the molecule is Cc1cc(S(=O)(=O)N2CCNCC2c2cccnc2)ccc1Br. The lowest BCUT2D eigenvalue weighted by Gasteiger charge is -2.35. The first-order chi connectivity index (χ1) is 11.0. The molecule has 0 bridgehead atoms. The first kappa shape index (κ1) is 16.6. The molecule has 122 valence electrons. The van der Waals surface area contributed by atoms with Crippen LogP contribution in [0.15, 0.2) is 52.1 Å². The number of halogens is 1. The summed E-state index contributed by atoms with van der Waals surface area (Å²) >= 11 is 3.41. The van der Waals surface area contributed by atoms with Crippen molar-refractivity contribution in [3.05, 3.63) is 58.3 Å². The summed E-state index contributed by atoms with van der Waals surface area (Å²) in [6.45, 7) is 3.56. The number of hydrogen-bond donors (Lipinski definition) is 1. The number of nitrogens with zero attached hydrogens (tertiary/aromatic N) is 2. The Bertz CT molecular complexity index is 796. The van der Waals surface area contributed by atoms with Crippen molar-refractivity contribution in [1.29, 1.82) is 0 Å². The summed E-state index contributed by atoms with van der Waals surface area (Å²) in [5.41, 5.74) is 1.80. The molecule has 1 fully saturated rings. The van der Waals surface area contributed by atoms with E-state index in [-0.39, 0.29) is 6.04 Å². The second-order valence-corrected chi connectivity index (χ2v) is 8.28. The average molecular weight is 396 g/mol. The normalized spacial score (nSPS) is 19.7. The van der Waals surface area contributed by atoms with Crippen molar-refractivity contribution >= 4 is 26.0 Å².